The maximum absolute atomic E-state index is 12.3. The van der Waals surface area contributed by atoms with E-state index in [0.29, 0.717) is 0 Å². The average molecular weight is 319 g/mol. The molecule has 0 bridgehead atoms. The first-order valence-electron chi connectivity index (χ1n) is 8.29. The summed E-state index contributed by atoms with van der Waals surface area (Å²) in [6.45, 7) is 10.7. The lowest BCUT2D eigenvalue weighted by Crippen LogP contribution is -2.58. The minimum absolute atomic E-state index is 0.126. The van der Waals surface area contributed by atoms with Crippen molar-refractivity contribution in [2.75, 3.05) is 7.11 Å². The molecule has 0 radical (unpaired) electrons. The molecule has 0 N–H and O–H groups in total. The summed E-state index contributed by atoms with van der Waals surface area (Å²) in [5, 5.41) is 2.00. The zero-order chi connectivity index (χ0) is 17.3. The number of aryl methyl sites for hydroxylation is 1. The second kappa shape index (κ2) is 6.62. The van der Waals surface area contributed by atoms with Gasteiger partial charge in [-0.15, -0.1) is 0 Å². The zero-order valence-corrected chi connectivity index (χ0v) is 15.2. The maximum Gasteiger partial charge on any atom is 0.341 e. The van der Waals surface area contributed by atoms with Crippen LogP contribution in [0.15, 0.2) is 24.3 Å². The Bertz CT molecular complexity index is 532. The Kier molecular flexibility index (Phi) is 5.17. The highest BCUT2D eigenvalue weighted by atomic mass is 16.7. The molecule has 4 nitrogen and oxygen atoms in total. The summed E-state index contributed by atoms with van der Waals surface area (Å²) in [6.07, 6.45) is 2.50. The monoisotopic (exact) mass is 319 g/mol. The van der Waals surface area contributed by atoms with E-state index in [1.807, 2.05) is 36.3 Å². The van der Waals surface area contributed by atoms with Gasteiger partial charge in [0.2, 0.25) is 6.10 Å². The van der Waals surface area contributed by atoms with Crippen LogP contribution in [0.5, 0.6) is 0 Å². The van der Waals surface area contributed by atoms with Crippen molar-refractivity contribution in [1.82, 2.24) is 5.06 Å². The Morgan fingerprint density at radius 2 is 1.61 bits per heavy atom. The number of piperidine rings is 1. The van der Waals surface area contributed by atoms with Gasteiger partial charge in [-0.1, -0.05) is 29.8 Å². The third-order valence-electron chi connectivity index (χ3n) is 4.68. The summed E-state index contributed by atoms with van der Waals surface area (Å²) in [4.78, 5) is 18.6. The van der Waals surface area contributed by atoms with E-state index >= 15 is 0 Å². The Morgan fingerprint density at radius 1 is 1.09 bits per heavy atom. The summed E-state index contributed by atoms with van der Waals surface area (Å²) in [6, 6.07) is 7.84. The molecular weight excluding hydrogens is 290 g/mol. The lowest BCUT2D eigenvalue weighted by molar-refractivity contribution is -0.304. The van der Waals surface area contributed by atoms with Gasteiger partial charge in [0.05, 0.1) is 7.11 Å². The van der Waals surface area contributed by atoms with Crippen molar-refractivity contribution in [3.8, 4) is 0 Å². The molecule has 1 aromatic carbocycles. The highest BCUT2D eigenvalue weighted by Gasteiger charge is 2.44. The number of hydroxylamine groups is 2. The first-order chi connectivity index (χ1) is 10.7. The molecule has 1 fully saturated rings. The van der Waals surface area contributed by atoms with Crippen LogP contribution >= 0.6 is 0 Å². The van der Waals surface area contributed by atoms with Crippen molar-refractivity contribution in [2.24, 2.45) is 0 Å². The average Bonchev–Trinajstić information content (AvgIpc) is 2.46. The number of benzene rings is 1. The second-order valence-electron chi connectivity index (χ2n) is 7.69. The summed E-state index contributed by atoms with van der Waals surface area (Å²) in [5.74, 6) is -0.369. The third kappa shape index (κ3) is 3.93. The van der Waals surface area contributed by atoms with E-state index in [4.69, 9.17) is 9.57 Å². The first kappa shape index (κ1) is 18.0. The van der Waals surface area contributed by atoms with Crippen LogP contribution in [-0.2, 0) is 14.4 Å². The van der Waals surface area contributed by atoms with Gasteiger partial charge in [0.25, 0.3) is 0 Å². The van der Waals surface area contributed by atoms with E-state index in [0.717, 1.165) is 30.4 Å². The number of nitrogens with zero attached hydrogens (tertiary/aromatic N) is 1. The summed E-state index contributed by atoms with van der Waals surface area (Å²) in [7, 11) is 1.40. The predicted octanol–water partition coefficient (Wildman–Crippen LogP) is 4.18. The van der Waals surface area contributed by atoms with Crippen LogP contribution in [0.4, 0.5) is 0 Å². The minimum Gasteiger partial charge on any atom is -0.467 e. The van der Waals surface area contributed by atoms with Gasteiger partial charge in [-0.3, -0.25) is 4.84 Å². The van der Waals surface area contributed by atoms with E-state index in [9.17, 15) is 4.79 Å². The van der Waals surface area contributed by atoms with E-state index in [1.165, 1.54) is 7.11 Å². The van der Waals surface area contributed by atoms with Crippen molar-refractivity contribution >= 4 is 5.97 Å². The van der Waals surface area contributed by atoms with E-state index < -0.39 is 6.10 Å². The molecule has 0 aromatic heterocycles. The molecule has 1 unspecified atom stereocenters. The SMILES string of the molecule is COC(=O)C(ON1C(C)(C)CCCC1(C)C)c1ccc(C)cc1. The van der Waals surface area contributed by atoms with Gasteiger partial charge >= 0.3 is 5.97 Å². The molecule has 1 atom stereocenters. The van der Waals surface area contributed by atoms with Gasteiger partial charge in [-0.05, 0) is 59.4 Å². The van der Waals surface area contributed by atoms with Crippen LogP contribution in [0.1, 0.15) is 64.2 Å². The summed E-state index contributed by atoms with van der Waals surface area (Å²) in [5.41, 5.74) is 1.72. The molecule has 1 aliphatic rings. The molecule has 23 heavy (non-hydrogen) atoms. The van der Waals surface area contributed by atoms with Crippen LogP contribution in [0.25, 0.3) is 0 Å². The molecule has 0 saturated carbocycles. The first-order valence-corrected chi connectivity index (χ1v) is 8.29. The van der Waals surface area contributed by atoms with Crippen LogP contribution in [0.2, 0.25) is 0 Å². The molecular formula is C19H29NO3. The fraction of sp³-hybridized carbons (Fsp3) is 0.632. The lowest BCUT2D eigenvalue weighted by Gasteiger charge is -2.52. The van der Waals surface area contributed by atoms with Gasteiger partial charge in [-0.25, -0.2) is 4.79 Å². The third-order valence-corrected chi connectivity index (χ3v) is 4.68. The van der Waals surface area contributed by atoms with Crippen molar-refractivity contribution in [1.29, 1.82) is 0 Å². The van der Waals surface area contributed by atoms with E-state index in [2.05, 4.69) is 27.7 Å². The van der Waals surface area contributed by atoms with Gasteiger partial charge in [0, 0.05) is 11.1 Å². The van der Waals surface area contributed by atoms with Gasteiger partial charge in [0.1, 0.15) is 0 Å². The summed E-state index contributed by atoms with van der Waals surface area (Å²) >= 11 is 0. The topological polar surface area (TPSA) is 38.8 Å². The molecule has 0 aliphatic carbocycles. The molecule has 1 heterocycles. The Balaban J connectivity index is 2.33. The summed E-state index contributed by atoms with van der Waals surface area (Å²) < 4.78 is 4.98. The Morgan fingerprint density at radius 3 is 2.09 bits per heavy atom. The molecule has 4 heteroatoms. The number of carbonyl (C=O) groups is 1. The van der Waals surface area contributed by atoms with E-state index in [-0.39, 0.29) is 17.0 Å². The molecule has 0 spiro atoms. The number of esters is 1. The number of hydrogen-bond donors (Lipinski definition) is 0. The van der Waals surface area contributed by atoms with Crippen LogP contribution in [0, 0.1) is 6.92 Å². The lowest BCUT2D eigenvalue weighted by atomic mass is 9.82. The number of methoxy groups -OCH3 is 1. The number of rotatable bonds is 4. The smallest absolute Gasteiger partial charge is 0.341 e. The number of carbonyl (C=O) groups excluding carboxylic acids is 1. The number of hydrogen-bond acceptors (Lipinski definition) is 4. The quantitative estimate of drug-likeness (QED) is 0.780. The molecule has 2 rings (SSSR count). The van der Waals surface area contributed by atoms with Gasteiger partial charge in [-0.2, -0.15) is 5.06 Å². The van der Waals surface area contributed by atoms with E-state index in [1.54, 1.807) is 0 Å². The van der Waals surface area contributed by atoms with Crippen molar-refractivity contribution in [3.63, 3.8) is 0 Å². The molecule has 1 aliphatic heterocycles. The molecule has 128 valence electrons. The molecule has 1 aromatic rings. The zero-order valence-electron chi connectivity index (χ0n) is 15.2. The highest BCUT2D eigenvalue weighted by molar-refractivity contribution is 5.76. The fourth-order valence-corrected chi connectivity index (χ4v) is 3.46. The minimum atomic E-state index is -0.739. The standard InChI is InChI=1S/C19H29NO3/c1-14-8-10-15(11-9-14)16(17(21)22-6)23-20-18(2,3)12-7-13-19(20,4)5/h8-11,16H,7,12-13H2,1-6H3. The predicted molar refractivity (Wildman–Crippen MR) is 90.9 cm³/mol. The van der Waals surface area contributed by atoms with Crippen molar-refractivity contribution < 1.29 is 14.4 Å². The Hall–Kier alpha value is -1.39. The van der Waals surface area contributed by atoms with Crippen molar-refractivity contribution in [2.45, 2.75) is 71.1 Å². The Labute approximate surface area is 139 Å². The van der Waals surface area contributed by atoms with Gasteiger partial charge < -0.3 is 4.74 Å². The normalized spacial score (nSPS) is 21.7. The highest BCUT2D eigenvalue weighted by Crippen LogP contribution is 2.40. The maximum atomic E-state index is 12.3. The number of ether oxygens (including phenoxy) is 1. The van der Waals surface area contributed by atoms with Crippen molar-refractivity contribution in [3.05, 3.63) is 35.4 Å². The van der Waals surface area contributed by atoms with Crippen LogP contribution < -0.4 is 0 Å². The molecule has 1 saturated heterocycles. The largest absolute Gasteiger partial charge is 0.467 e. The fourth-order valence-electron chi connectivity index (χ4n) is 3.46. The van der Waals surface area contributed by atoms with Crippen LogP contribution in [0.3, 0.4) is 0 Å². The molecule has 0 amide bonds. The second-order valence-corrected chi connectivity index (χ2v) is 7.69. The van der Waals surface area contributed by atoms with Crippen LogP contribution in [-0.4, -0.2) is 29.2 Å². The van der Waals surface area contributed by atoms with Gasteiger partial charge in [0.15, 0.2) is 0 Å².